The largest absolute Gasteiger partial charge is 0.299 e. The van der Waals surface area contributed by atoms with Crippen LogP contribution in [0.5, 0.6) is 0 Å². The molecular formula is C3H6N2O2S. The first kappa shape index (κ1) is 7.45. The normalized spacial score (nSPS) is 8.38. The van der Waals surface area contributed by atoms with E-state index in [2.05, 4.69) is 12.6 Å². The molecule has 0 aliphatic carbocycles. The number of carbonyl (C=O) groups excluding carboxylic acids is 2. The monoisotopic (exact) mass is 134 g/mol. The molecule has 0 bridgehead atoms. The van der Waals surface area contributed by atoms with Crippen LogP contribution in [0.25, 0.3) is 0 Å². The third-order valence-corrected chi connectivity index (χ3v) is 0.761. The Labute approximate surface area is 52.0 Å². The van der Waals surface area contributed by atoms with Gasteiger partial charge in [-0.1, -0.05) is 12.6 Å². The number of hydrogen-bond donors (Lipinski definition) is 2. The minimum atomic E-state index is -0.752. The Morgan fingerprint density at radius 1 is 1.62 bits per heavy atom. The number of amides is 2. The molecule has 4 nitrogen and oxygen atoms in total. The predicted molar refractivity (Wildman–Crippen MR) is 31.1 cm³/mol. The van der Waals surface area contributed by atoms with Crippen LogP contribution in [0.1, 0.15) is 6.92 Å². The standard InChI is InChI=1S/C3H6N2O2S/c1-2(6)5(4)3(7)8/h4H2,1H3,(H,7,8). The van der Waals surface area contributed by atoms with Gasteiger partial charge in [-0.15, -0.1) is 0 Å². The second-order valence-corrected chi connectivity index (χ2v) is 1.55. The first-order valence-corrected chi connectivity index (χ1v) is 2.28. The maximum absolute atomic E-state index is 10.1. The summed E-state index contributed by atoms with van der Waals surface area (Å²) in [6, 6.07) is 0. The van der Waals surface area contributed by atoms with Gasteiger partial charge in [0.1, 0.15) is 0 Å². The lowest BCUT2D eigenvalue weighted by Gasteiger charge is -2.05. The van der Waals surface area contributed by atoms with Crippen LogP contribution in [-0.2, 0) is 4.79 Å². The minimum absolute atomic E-state index is 0.420. The Kier molecular flexibility index (Phi) is 2.50. The van der Waals surface area contributed by atoms with Crippen molar-refractivity contribution in [2.24, 2.45) is 5.84 Å². The van der Waals surface area contributed by atoms with Gasteiger partial charge in [-0.05, 0) is 0 Å². The zero-order chi connectivity index (χ0) is 6.73. The van der Waals surface area contributed by atoms with Gasteiger partial charge in [0.2, 0.25) is 5.91 Å². The number of hydrazine groups is 1. The Morgan fingerprint density at radius 3 is 2.00 bits per heavy atom. The second kappa shape index (κ2) is 2.68. The highest BCUT2D eigenvalue weighted by atomic mass is 32.1. The first-order chi connectivity index (χ1) is 3.55. The van der Waals surface area contributed by atoms with Crippen LogP contribution in [0.4, 0.5) is 4.79 Å². The van der Waals surface area contributed by atoms with E-state index in [1.807, 2.05) is 0 Å². The molecule has 0 saturated carbocycles. The third kappa shape index (κ3) is 1.94. The van der Waals surface area contributed by atoms with E-state index < -0.39 is 11.1 Å². The molecule has 0 aromatic heterocycles. The molecule has 0 aliphatic rings. The van der Waals surface area contributed by atoms with E-state index in [4.69, 9.17) is 5.84 Å². The van der Waals surface area contributed by atoms with E-state index in [0.29, 0.717) is 5.01 Å². The van der Waals surface area contributed by atoms with Crippen molar-refractivity contribution in [1.82, 2.24) is 5.01 Å². The lowest BCUT2D eigenvalue weighted by Crippen LogP contribution is -2.37. The lowest BCUT2D eigenvalue weighted by atomic mass is 10.7. The molecule has 2 N–H and O–H groups in total. The highest BCUT2D eigenvalue weighted by Gasteiger charge is 2.06. The van der Waals surface area contributed by atoms with Crippen molar-refractivity contribution in [2.45, 2.75) is 6.92 Å². The number of thiol groups is 1. The quantitative estimate of drug-likeness (QED) is 0.208. The van der Waals surface area contributed by atoms with Crippen LogP contribution < -0.4 is 5.84 Å². The zero-order valence-corrected chi connectivity index (χ0v) is 5.18. The van der Waals surface area contributed by atoms with Gasteiger partial charge in [-0.3, -0.25) is 9.59 Å². The Balaban J connectivity index is 3.83. The van der Waals surface area contributed by atoms with Crippen LogP contribution >= 0.6 is 12.6 Å². The SMILES string of the molecule is CC(=O)N(N)C(=O)S. The number of nitrogens with zero attached hydrogens (tertiary/aromatic N) is 1. The molecule has 5 heteroatoms. The summed E-state index contributed by atoms with van der Waals surface area (Å²) in [5.41, 5.74) is 0. The zero-order valence-electron chi connectivity index (χ0n) is 4.29. The predicted octanol–water partition coefficient (Wildman–Crippen LogP) is -0.242. The Morgan fingerprint density at radius 2 is 2.00 bits per heavy atom. The van der Waals surface area contributed by atoms with Crippen molar-refractivity contribution < 1.29 is 9.59 Å². The van der Waals surface area contributed by atoms with E-state index in [1.54, 1.807) is 0 Å². The van der Waals surface area contributed by atoms with Gasteiger partial charge >= 0.3 is 0 Å². The summed E-state index contributed by atoms with van der Waals surface area (Å²) in [4.78, 5) is 20.1. The minimum Gasteiger partial charge on any atom is -0.273 e. The van der Waals surface area contributed by atoms with Crippen LogP contribution in [0.3, 0.4) is 0 Å². The highest BCUT2D eigenvalue weighted by molar-refractivity contribution is 7.96. The van der Waals surface area contributed by atoms with Crippen molar-refractivity contribution in [2.75, 3.05) is 0 Å². The topological polar surface area (TPSA) is 63.4 Å². The molecule has 0 spiro atoms. The summed E-state index contributed by atoms with van der Waals surface area (Å²) in [7, 11) is 0. The molecule has 0 unspecified atom stereocenters. The fraction of sp³-hybridized carbons (Fsp3) is 0.333. The fourth-order valence-corrected chi connectivity index (χ4v) is 0.276. The summed E-state index contributed by atoms with van der Waals surface area (Å²) >= 11 is 3.27. The summed E-state index contributed by atoms with van der Waals surface area (Å²) in [5.74, 6) is 4.29. The number of imide groups is 1. The molecular weight excluding hydrogens is 128 g/mol. The fourth-order valence-electron chi connectivity index (χ4n) is 0.135. The van der Waals surface area contributed by atoms with E-state index in [0.717, 1.165) is 0 Å². The average molecular weight is 134 g/mol. The van der Waals surface area contributed by atoms with Gasteiger partial charge in [0.25, 0.3) is 5.24 Å². The summed E-state index contributed by atoms with van der Waals surface area (Å²) in [6.07, 6.45) is 0. The number of nitrogens with two attached hydrogens (primary N) is 1. The molecule has 0 radical (unpaired) electrons. The van der Waals surface area contributed by atoms with Gasteiger partial charge < -0.3 is 0 Å². The number of hydrogen-bond acceptors (Lipinski definition) is 3. The molecule has 0 fully saturated rings. The van der Waals surface area contributed by atoms with E-state index >= 15 is 0 Å². The van der Waals surface area contributed by atoms with Crippen LogP contribution in [-0.4, -0.2) is 16.2 Å². The maximum Gasteiger partial charge on any atom is 0.299 e. The Hall–Kier alpha value is -0.550. The lowest BCUT2D eigenvalue weighted by molar-refractivity contribution is -0.125. The van der Waals surface area contributed by atoms with Crippen molar-refractivity contribution in [1.29, 1.82) is 0 Å². The maximum atomic E-state index is 10.1. The Bertz CT molecular complexity index is 110. The van der Waals surface area contributed by atoms with Gasteiger partial charge in [-0.25, -0.2) is 10.9 Å². The molecule has 0 rings (SSSR count). The molecule has 0 heterocycles. The van der Waals surface area contributed by atoms with Crippen molar-refractivity contribution >= 4 is 23.8 Å². The van der Waals surface area contributed by atoms with Crippen LogP contribution in [0.2, 0.25) is 0 Å². The van der Waals surface area contributed by atoms with Crippen molar-refractivity contribution in [3.05, 3.63) is 0 Å². The van der Waals surface area contributed by atoms with Crippen LogP contribution in [0.15, 0.2) is 0 Å². The summed E-state index contributed by atoms with van der Waals surface area (Å²) in [6.45, 7) is 1.17. The van der Waals surface area contributed by atoms with E-state index in [-0.39, 0.29) is 0 Å². The summed E-state index contributed by atoms with van der Waals surface area (Å²) in [5, 5.41) is -0.333. The molecule has 2 amide bonds. The second-order valence-electron chi connectivity index (χ2n) is 1.17. The van der Waals surface area contributed by atoms with Crippen molar-refractivity contribution in [3.8, 4) is 0 Å². The number of carbonyl (C=O) groups is 2. The first-order valence-electron chi connectivity index (χ1n) is 1.84. The highest BCUT2D eigenvalue weighted by Crippen LogP contribution is 1.86. The van der Waals surface area contributed by atoms with E-state index in [1.165, 1.54) is 6.92 Å². The van der Waals surface area contributed by atoms with E-state index in [9.17, 15) is 9.59 Å². The smallest absolute Gasteiger partial charge is 0.273 e. The van der Waals surface area contributed by atoms with Crippen LogP contribution in [0, 0.1) is 0 Å². The summed E-state index contributed by atoms with van der Waals surface area (Å²) < 4.78 is 0. The molecule has 0 aromatic rings. The molecule has 0 aromatic carbocycles. The van der Waals surface area contributed by atoms with Gasteiger partial charge in [-0.2, -0.15) is 0 Å². The third-order valence-electron chi connectivity index (χ3n) is 0.545. The number of rotatable bonds is 0. The van der Waals surface area contributed by atoms with Gasteiger partial charge in [0.15, 0.2) is 0 Å². The molecule has 0 aliphatic heterocycles. The average Bonchev–Trinajstić information content (AvgIpc) is 1.64. The van der Waals surface area contributed by atoms with Gasteiger partial charge in [0, 0.05) is 6.92 Å². The molecule has 0 saturated heterocycles. The van der Waals surface area contributed by atoms with Gasteiger partial charge in [0.05, 0.1) is 0 Å². The van der Waals surface area contributed by atoms with Crippen molar-refractivity contribution in [3.63, 3.8) is 0 Å². The molecule has 46 valence electrons. The molecule has 8 heavy (non-hydrogen) atoms. The molecule has 0 atom stereocenters.